The van der Waals surface area contributed by atoms with Crippen LogP contribution in [0, 0.1) is 6.92 Å². The number of rotatable bonds is 4. The second-order valence-corrected chi connectivity index (χ2v) is 6.73. The smallest absolute Gasteiger partial charge is 0.255 e. The van der Waals surface area contributed by atoms with Crippen LogP contribution < -0.4 is 10.6 Å². The minimum absolute atomic E-state index is 0.187. The van der Waals surface area contributed by atoms with Gasteiger partial charge in [0.05, 0.1) is 0 Å². The molecule has 0 saturated heterocycles. The van der Waals surface area contributed by atoms with Crippen LogP contribution in [0.5, 0.6) is 0 Å². The van der Waals surface area contributed by atoms with Gasteiger partial charge >= 0.3 is 0 Å². The second-order valence-electron chi connectivity index (χ2n) is 5.81. The number of hydrogen-bond acceptors (Lipinski definition) is 2. The van der Waals surface area contributed by atoms with Crippen molar-refractivity contribution in [2.45, 2.75) is 6.92 Å². The van der Waals surface area contributed by atoms with Crippen LogP contribution in [0.1, 0.15) is 26.3 Å². The van der Waals surface area contributed by atoms with Crippen LogP contribution in [-0.4, -0.2) is 11.8 Å². The van der Waals surface area contributed by atoms with E-state index in [0.29, 0.717) is 16.8 Å². The Kier molecular flexibility index (Phi) is 5.49. The van der Waals surface area contributed by atoms with E-state index in [1.807, 2.05) is 43.3 Å². The monoisotopic (exact) mass is 408 g/mol. The predicted octanol–water partition coefficient (Wildman–Crippen LogP) is 5.26. The lowest BCUT2D eigenvalue weighted by Crippen LogP contribution is -2.14. The first-order valence-electron chi connectivity index (χ1n) is 8.07. The van der Waals surface area contributed by atoms with E-state index in [2.05, 4.69) is 26.6 Å². The van der Waals surface area contributed by atoms with E-state index in [1.165, 1.54) is 0 Å². The van der Waals surface area contributed by atoms with Crippen LogP contribution in [0.15, 0.2) is 77.3 Å². The Morgan fingerprint density at radius 1 is 0.769 bits per heavy atom. The van der Waals surface area contributed by atoms with Crippen LogP contribution >= 0.6 is 15.9 Å². The van der Waals surface area contributed by atoms with Gasteiger partial charge in [0.1, 0.15) is 0 Å². The maximum Gasteiger partial charge on any atom is 0.255 e. The minimum atomic E-state index is -0.202. The molecule has 0 unspecified atom stereocenters. The lowest BCUT2D eigenvalue weighted by atomic mass is 10.1. The molecule has 0 aliphatic heterocycles. The fourth-order valence-electron chi connectivity index (χ4n) is 2.42. The quantitative estimate of drug-likeness (QED) is 0.618. The Labute approximate surface area is 160 Å². The molecule has 26 heavy (non-hydrogen) atoms. The van der Waals surface area contributed by atoms with Gasteiger partial charge in [-0.2, -0.15) is 0 Å². The Morgan fingerprint density at radius 3 is 2.08 bits per heavy atom. The molecular formula is C21H17BrN2O2. The van der Waals surface area contributed by atoms with E-state index in [1.54, 1.807) is 36.4 Å². The van der Waals surface area contributed by atoms with Crippen LogP contribution in [-0.2, 0) is 0 Å². The zero-order valence-electron chi connectivity index (χ0n) is 14.1. The van der Waals surface area contributed by atoms with Crippen LogP contribution in [0.25, 0.3) is 0 Å². The highest BCUT2D eigenvalue weighted by atomic mass is 79.9. The van der Waals surface area contributed by atoms with Gasteiger partial charge in [-0.05, 0) is 61.0 Å². The van der Waals surface area contributed by atoms with Crippen LogP contribution in [0.3, 0.4) is 0 Å². The maximum absolute atomic E-state index is 12.4. The average molecular weight is 409 g/mol. The summed E-state index contributed by atoms with van der Waals surface area (Å²) >= 11 is 3.40. The van der Waals surface area contributed by atoms with Gasteiger partial charge in [-0.1, -0.05) is 40.2 Å². The number of aryl methyl sites for hydroxylation is 1. The third-order valence-corrected chi connectivity index (χ3v) is 4.38. The van der Waals surface area contributed by atoms with Crippen molar-refractivity contribution in [3.05, 3.63) is 94.0 Å². The highest BCUT2D eigenvalue weighted by Crippen LogP contribution is 2.21. The molecule has 0 atom stereocenters. The van der Waals surface area contributed by atoms with Crippen molar-refractivity contribution in [3.63, 3.8) is 0 Å². The first-order valence-corrected chi connectivity index (χ1v) is 8.86. The molecule has 3 aromatic rings. The first-order chi connectivity index (χ1) is 12.5. The van der Waals surface area contributed by atoms with E-state index in [-0.39, 0.29) is 11.8 Å². The molecule has 3 aromatic carbocycles. The first kappa shape index (κ1) is 17.9. The Balaban J connectivity index is 1.68. The molecule has 0 heterocycles. The number of benzene rings is 3. The summed E-state index contributed by atoms with van der Waals surface area (Å²) in [4.78, 5) is 24.6. The molecular weight excluding hydrogens is 392 g/mol. The number of carbonyl (C=O) groups excluding carboxylic acids is 2. The van der Waals surface area contributed by atoms with E-state index in [9.17, 15) is 9.59 Å². The van der Waals surface area contributed by atoms with Crippen molar-refractivity contribution >= 4 is 39.1 Å². The third-order valence-electron chi connectivity index (χ3n) is 3.89. The molecule has 2 amide bonds. The van der Waals surface area contributed by atoms with Gasteiger partial charge in [0.15, 0.2) is 0 Å². The standard InChI is InChI=1S/C21H17BrN2O2/c1-14-7-10-17(22)13-19(14)24-21(26)16-8-11-18(12-9-16)23-20(25)15-5-3-2-4-6-15/h2-13H,1H3,(H,23,25)(H,24,26). The normalized spacial score (nSPS) is 10.2. The molecule has 0 spiro atoms. The number of amides is 2. The lowest BCUT2D eigenvalue weighted by molar-refractivity contribution is 0.102. The van der Waals surface area contributed by atoms with Crippen molar-refractivity contribution in [1.29, 1.82) is 0 Å². The number of anilines is 2. The fourth-order valence-corrected chi connectivity index (χ4v) is 2.78. The van der Waals surface area contributed by atoms with Gasteiger partial charge in [0, 0.05) is 27.0 Å². The molecule has 130 valence electrons. The highest BCUT2D eigenvalue weighted by molar-refractivity contribution is 9.10. The van der Waals surface area contributed by atoms with E-state index in [4.69, 9.17) is 0 Å². The molecule has 0 aliphatic carbocycles. The average Bonchev–Trinajstić information content (AvgIpc) is 2.66. The zero-order valence-corrected chi connectivity index (χ0v) is 15.7. The lowest BCUT2D eigenvalue weighted by Gasteiger charge is -2.10. The molecule has 0 radical (unpaired) electrons. The molecule has 0 aliphatic rings. The van der Waals surface area contributed by atoms with Crippen molar-refractivity contribution in [3.8, 4) is 0 Å². The van der Waals surface area contributed by atoms with Gasteiger partial charge in [-0.25, -0.2) is 0 Å². The maximum atomic E-state index is 12.4. The van der Waals surface area contributed by atoms with E-state index in [0.717, 1.165) is 15.7 Å². The molecule has 0 saturated carbocycles. The van der Waals surface area contributed by atoms with Gasteiger partial charge < -0.3 is 10.6 Å². The minimum Gasteiger partial charge on any atom is -0.322 e. The summed E-state index contributed by atoms with van der Waals surface area (Å²) in [7, 11) is 0. The summed E-state index contributed by atoms with van der Waals surface area (Å²) in [6.45, 7) is 1.93. The zero-order chi connectivity index (χ0) is 18.5. The van der Waals surface area contributed by atoms with Crippen molar-refractivity contribution in [2.75, 3.05) is 10.6 Å². The van der Waals surface area contributed by atoms with E-state index < -0.39 is 0 Å². The summed E-state index contributed by atoms with van der Waals surface area (Å²) < 4.78 is 0.900. The number of halogens is 1. The van der Waals surface area contributed by atoms with Gasteiger partial charge in [0.25, 0.3) is 11.8 Å². The number of hydrogen-bond donors (Lipinski definition) is 2. The van der Waals surface area contributed by atoms with Crippen molar-refractivity contribution in [1.82, 2.24) is 0 Å². The number of carbonyl (C=O) groups is 2. The van der Waals surface area contributed by atoms with Crippen molar-refractivity contribution < 1.29 is 9.59 Å². The summed E-state index contributed by atoms with van der Waals surface area (Å²) in [5.41, 5.74) is 3.47. The summed E-state index contributed by atoms with van der Waals surface area (Å²) in [5, 5.41) is 5.71. The SMILES string of the molecule is Cc1ccc(Br)cc1NC(=O)c1ccc(NC(=O)c2ccccc2)cc1. The molecule has 5 heteroatoms. The highest BCUT2D eigenvalue weighted by Gasteiger charge is 2.09. The molecule has 0 aromatic heterocycles. The topological polar surface area (TPSA) is 58.2 Å². The molecule has 0 fully saturated rings. The van der Waals surface area contributed by atoms with Crippen LogP contribution in [0.4, 0.5) is 11.4 Å². The molecule has 0 bridgehead atoms. The summed E-state index contributed by atoms with van der Waals surface area (Å²) in [5.74, 6) is -0.389. The Hall–Kier alpha value is -2.92. The van der Waals surface area contributed by atoms with Gasteiger partial charge in [-0.15, -0.1) is 0 Å². The Morgan fingerprint density at radius 2 is 1.38 bits per heavy atom. The van der Waals surface area contributed by atoms with Gasteiger partial charge in [-0.3, -0.25) is 9.59 Å². The fraction of sp³-hybridized carbons (Fsp3) is 0.0476. The second kappa shape index (κ2) is 7.97. The molecule has 3 rings (SSSR count). The number of nitrogens with one attached hydrogen (secondary N) is 2. The summed E-state index contributed by atoms with van der Waals surface area (Å²) in [6.07, 6.45) is 0. The largest absolute Gasteiger partial charge is 0.322 e. The summed E-state index contributed by atoms with van der Waals surface area (Å²) in [6, 6.07) is 21.5. The van der Waals surface area contributed by atoms with Crippen LogP contribution in [0.2, 0.25) is 0 Å². The molecule has 4 nitrogen and oxygen atoms in total. The Bertz CT molecular complexity index is 938. The third kappa shape index (κ3) is 4.37. The molecule has 2 N–H and O–H groups in total. The van der Waals surface area contributed by atoms with Crippen molar-refractivity contribution in [2.24, 2.45) is 0 Å². The van der Waals surface area contributed by atoms with E-state index >= 15 is 0 Å². The van der Waals surface area contributed by atoms with Gasteiger partial charge in [0.2, 0.25) is 0 Å². The predicted molar refractivity (Wildman–Crippen MR) is 108 cm³/mol.